The summed E-state index contributed by atoms with van der Waals surface area (Å²) >= 11 is 19.0. The van der Waals surface area contributed by atoms with Gasteiger partial charge in [0.05, 0.1) is 15.1 Å². The van der Waals surface area contributed by atoms with Crippen molar-refractivity contribution in [3.63, 3.8) is 0 Å². The van der Waals surface area contributed by atoms with Crippen LogP contribution in [0.15, 0.2) is 12.1 Å². The van der Waals surface area contributed by atoms with Gasteiger partial charge in [-0.2, -0.15) is 0 Å². The molecular weight excluding hydrogens is 329 g/mol. The van der Waals surface area contributed by atoms with E-state index >= 15 is 0 Å². The summed E-state index contributed by atoms with van der Waals surface area (Å²) in [5.41, 5.74) is 0.607. The fraction of sp³-hybridized carbons (Fsp3) is 0.333. The zero-order chi connectivity index (χ0) is 14.2. The Morgan fingerprint density at radius 2 is 1.89 bits per heavy atom. The lowest BCUT2D eigenvalue weighted by atomic mass is 10.3. The lowest BCUT2D eigenvalue weighted by molar-refractivity contribution is -0.117. The molecule has 3 nitrogen and oxygen atoms in total. The lowest BCUT2D eigenvalue weighted by Gasteiger charge is -2.17. The zero-order valence-electron chi connectivity index (χ0n) is 9.95. The monoisotopic (exact) mass is 337 g/mol. The van der Waals surface area contributed by atoms with Crippen LogP contribution >= 0.6 is 46.6 Å². The molecule has 0 N–H and O–H groups in total. The normalized spacial score (nSPS) is 19.1. The van der Waals surface area contributed by atoms with Gasteiger partial charge in [0.2, 0.25) is 5.91 Å². The second-order valence-corrected chi connectivity index (χ2v) is 6.83. The number of hydrogen-bond donors (Lipinski definition) is 0. The van der Waals surface area contributed by atoms with E-state index in [1.165, 1.54) is 18.7 Å². The van der Waals surface area contributed by atoms with E-state index in [2.05, 4.69) is 0 Å². The van der Waals surface area contributed by atoms with Crippen molar-refractivity contribution < 1.29 is 9.59 Å². The fourth-order valence-electron chi connectivity index (χ4n) is 1.94. The highest BCUT2D eigenvalue weighted by atomic mass is 35.5. The molecule has 0 spiro atoms. The standard InChI is InChI=1S/C12H10Cl3NO2S/c1-6(17)19-8-4-11(18)16(5-8)7-2-9(13)12(15)10(14)3-7/h2-3,8H,4-5H2,1H3. The van der Waals surface area contributed by atoms with Gasteiger partial charge in [0.1, 0.15) is 0 Å². The van der Waals surface area contributed by atoms with Gasteiger partial charge in [-0.3, -0.25) is 9.59 Å². The van der Waals surface area contributed by atoms with E-state index < -0.39 is 0 Å². The average molecular weight is 339 g/mol. The van der Waals surface area contributed by atoms with Crippen molar-refractivity contribution in [3.8, 4) is 0 Å². The number of hydrogen-bond acceptors (Lipinski definition) is 3. The molecule has 7 heteroatoms. The van der Waals surface area contributed by atoms with E-state index in [4.69, 9.17) is 34.8 Å². The van der Waals surface area contributed by atoms with E-state index in [9.17, 15) is 9.59 Å². The maximum Gasteiger partial charge on any atom is 0.228 e. The molecule has 1 unspecified atom stereocenters. The Morgan fingerprint density at radius 3 is 2.42 bits per heavy atom. The first kappa shape index (κ1) is 15.0. The maximum absolute atomic E-state index is 12.0. The summed E-state index contributed by atoms with van der Waals surface area (Å²) in [6.45, 7) is 1.96. The van der Waals surface area contributed by atoms with Crippen molar-refractivity contribution in [2.24, 2.45) is 0 Å². The molecule has 1 heterocycles. The van der Waals surface area contributed by atoms with Gasteiger partial charge in [-0.25, -0.2) is 0 Å². The van der Waals surface area contributed by atoms with Crippen LogP contribution in [0.25, 0.3) is 0 Å². The predicted molar refractivity (Wildman–Crippen MR) is 80.5 cm³/mol. The number of halogens is 3. The maximum atomic E-state index is 12.0. The molecule has 0 bridgehead atoms. The number of thioether (sulfide) groups is 1. The van der Waals surface area contributed by atoms with Crippen LogP contribution in [-0.2, 0) is 9.59 Å². The van der Waals surface area contributed by atoms with Crippen LogP contribution in [0, 0.1) is 0 Å². The second-order valence-electron chi connectivity index (χ2n) is 4.16. The Morgan fingerprint density at radius 1 is 1.32 bits per heavy atom. The van der Waals surface area contributed by atoms with E-state index in [-0.39, 0.29) is 21.3 Å². The number of rotatable bonds is 2. The van der Waals surface area contributed by atoms with E-state index in [0.29, 0.717) is 28.7 Å². The number of nitrogens with zero attached hydrogens (tertiary/aromatic N) is 1. The summed E-state index contributed by atoms with van der Waals surface area (Å²) in [5.74, 6) is -0.0480. The molecule has 102 valence electrons. The van der Waals surface area contributed by atoms with E-state index in [0.717, 1.165) is 0 Å². The Balaban J connectivity index is 2.23. The minimum absolute atomic E-state index is 0.00632. The van der Waals surface area contributed by atoms with E-state index in [1.54, 1.807) is 17.0 Å². The summed E-state index contributed by atoms with van der Waals surface area (Å²) in [4.78, 5) is 24.6. The molecule has 0 aromatic heterocycles. The van der Waals surface area contributed by atoms with Gasteiger partial charge < -0.3 is 4.90 Å². The third-order valence-electron chi connectivity index (χ3n) is 2.70. The van der Waals surface area contributed by atoms with Crippen LogP contribution in [0.5, 0.6) is 0 Å². The topological polar surface area (TPSA) is 37.4 Å². The summed E-state index contributed by atoms with van der Waals surface area (Å²) in [6, 6.07) is 3.21. The van der Waals surface area contributed by atoms with Crippen LogP contribution < -0.4 is 4.90 Å². The molecule has 1 fully saturated rings. The molecule has 1 saturated heterocycles. The number of benzene rings is 1. The van der Waals surface area contributed by atoms with Crippen LogP contribution in [-0.4, -0.2) is 22.8 Å². The Labute approximate surface area is 130 Å². The van der Waals surface area contributed by atoms with Gasteiger partial charge in [-0.15, -0.1) is 0 Å². The molecule has 19 heavy (non-hydrogen) atoms. The van der Waals surface area contributed by atoms with Crippen molar-refractivity contribution in [3.05, 3.63) is 27.2 Å². The Bertz CT molecular complexity index is 527. The molecule has 1 aromatic carbocycles. The summed E-state index contributed by atoms with van der Waals surface area (Å²) in [7, 11) is 0. The summed E-state index contributed by atoms with van der Waals surface area (Å²) < 4.78 is 0. The van der Waals surface area contributed by atoms with Gasteiger partial charge in [0.25, 0.3) is 0 Å². The first-order valence-electron chi connectivity index (χ1n) is 5.50. The molecule has 1 aliphatic rings. The smallest absolute Gasteiger partial charge is 0.228 e. The Hall–Kier alpha value is -0.420. The molecule has 0 aliphatic carbocycles. The van der Waals surface area contributed by atoms with Gasteiger partial charge in [-0.05, 0) is 12.1 Å². The first-order chi connectivity index (χ1) is 8.88. The van der Waals surface area contributed by atoms with Crippen molar-refractivity contribution in [2.75, 3.05) is 11.4 Å². The minimum Gasteiger partial charge on any atom is -0.311 e. The highest BCUT2D eigenvalue weighted by Gasteiger charge is 2.32. The van der Waals surface area contributed by atoms with Gasteiger partial charge in [-0.1, -0.05) is 46.6 Å². The zero-order valence-corrected chi connectivity index (χ0v) is 13.0. The molecule has 1 amide bonds. The third kappa shape index (κ3) is 3.37. The highest BCUT2D eigenvalue weighted by molar-refractivity contribution is 8.14. The van der Waals surface area contributed by atoms with Crippen LogP contribution in [0.3, 0.4) is 0 Å². The van der Waals surface area contributed by atoms with Crippen molar-refractivity contribution >= 4 is 63.3 Å². The van der Waals surface area contributed by atoms with Crippen LogP contribution in [0.4, 0.5) is 5.69 Å². The number of anilines is 1. The highest BCUT2D eigenvalue weighted by Crippen LogP contribution is 2.37. The number of amides is 1. The van der Waals surface area contributed by atoms with Crippen LogP contribution in [0.1, 0.15) is 13.3 Å². The van der Waals surface area contributed by atoms with Crippen molar-refractivity contribution in [2.45, 2.75) is 18.6 Å². The van der Waals surface area contributed by atoms with Gasteiger partial charge >= 0.3 is 0 Å². The number of carbonyl (C=O) groups is 2. The quantitative estimate of drug-likeness (QED) is 0.764. The predicted octanol–water partition coefficient (Wildman–Crippen LogP) is 4.03. The molecule has 1 aromatic rings. The largest absolute Gasteiger partial charge is 0.311 e. The van der Waals surface area contributed by atoms with Crippen molar-refractivity contribution in [1.82, 2.24) is 0 Å². The molecule has 1 aliphatic heterocycles. The third-order valence-corrected chi connectivity index (χ3v) is 4.88. The Kier molecular flexibility index (Phi) is 4.66. The molecule has 0 saturated carbocycles. The second kappa shape index (κ2) is 5.92. The van der Waals surface area contributed by atoms with Crippen LogP contribution in [0.2, 0.25) is 15.1 Å². The SMILES string of the molecule is CC(=O)SC1CC(=O)N(c2cc(Cl)c(Cl)c(Cl)c2)C1. The van der Waals surface area contributed by atoms with Gasteiger partial charge in [0, 0.05) is 30.8 Å². The fourth-order valence-corrected chi connectivity index (χ4v) is 3.44. The minimum atomic E-state index is -0.0480. The average Bonchev–Trinajstić information content (AvgIpc) is 2.65. The molecule has 2 rings (SSSR count). The first-order valence-corrected chi connectivity index (χ1v) is 7.52. The number of carbonyl (C=O) groups excluding carboxylic acids is 2. The summed E-state index contributed by atoms with van der Waals surface area (Å²) in [5, 5.41) is 0.859. The van der Waals surface area contributed by atoms with Crippen molar-refractivity contribution in [1.29, 1.82) is 0 Å². The lowest BCUT2D eigenvalue weighted by Crippen LogP contribution is -2.24. The van der Waals surface area contributed by atoms with E-state index in [1.807, 2.05) is 0 Å². The summed E-state index contributed by atoms with van der Waals surface area (Å²) in [6.07, 6.45) is 0.335. The molecule has 0 radical (unpaired) electrons. The van der Waals surface area contributed by atoms with Gasteiger partial charge in [0.15, 0.2) is 5.12 Å². The molecular formula is C12H10Cl3NO2S. The molecule has 1 atom stereocenters.